The number of esters is 1. The molecule has 0 saturated heterocycles. The van der Waals surface area contributed by atoms with E-state index >= 15 is 0 Å². The minimum Gasteiger partial charge on any atom is -1.00 e. The van der Waals surface area contributed by atoms with Gasteiger partial charge in [0.2, 0.25) is 6.23 Å². The number of quaternary nitrogens is 1. The molecule has 3 nitrogen and oxygen atoms in total. The number of hydrogen-bond acceptors (Lipinski definition) is 2. The zero-order valence-electron chi connectivity index (χ0n) is 19.3. The van der Waals surface area contributed by atoms with Crippen LogP contribution in [-0.2, 0) is 9.53 Å². The Hall–Kier alpha value is -0.350. The van der Waals surface area contributed by atoms with Gasteiger partial charge in [-0.15, -0.1) is 0 Å². The SMILES string of the molecule is C=CC(=O)OC(C)[N+](C)(C)CCCCCCCCCCCCCCCCC.[Br-]. The Kier molecular flexibility index (Phi) is 21.3. The second-order valence-corrected chi connectivity index (χ2v) is 8.69. The van der Waals surface area contributed by atoms with Gasteiger partial charge in [0.15, 0.2) is 0 Å². The quantitative estimate of drug-likeness (QED) is 0.0953. The van der Waals surface area contributed by atoms with Crippen molar-refractivity contribution >= 4 is 5.97 Å². The van der Waals surface area contributed by atoms with Crippen molar-refractivity contribution in [3.63, 3.8) is 0 Å². The fourth-order valence-corrected chi connectivity index (χ4v) is 3.43. The third kappa shape index (κ3) is 17.7. The van der Waals surface area contributed by atoms with E-state index in [2.05, 4.69) is 27.6 Å². The fourth-order valence-electron chi connectivity index (χ4n) is 3.43. The highest BCUT2D eigenvalue weighted by atomic mass is 79.9. The highest BCUT2D eigenvalue weighted by Gasteiger charge is 2.25. The molecular formula is C24H48BrNO2. The van der Waals surface area contributed by atoms with Gasteiger partial charge < -0.3 is 21.7 Å². The molecule has 0 aromatic heterocycles. The van der Waals surface area contributed by atoms with Crippen molar-refractivity contribution in [2.75, 3.05) is 20.6 Å². The number of hydrogen-bond donors (Lipinski definition) is 0. The molecule has 0 saturated carbocycles. The third-order valence-corrected chi connectivity index (χ3v) is 5.78. The fraction of sp³-hybridized carbons (Fsp3) is 0.875. The topological polar surface area (TPSA) is 26.3 Å². The number of rotatable bonds is 19. The van der Waals surface area contributed by atoms with Gasteiger partial charge >= 0.3 is 5.97 Å². The number of ether oxygens (including phenoxy) is 1. The first kappa shape index (κ1) is 29.8. The van der Waals surface area contributed by atoms with Crippen LogP contribution in [-0.4, -0.2) is 37.3 Å². The summed E-state index contributed by atoms with van der Waals surface area (Å²) in [6.45, 7) is 8.75. The van der Waals surface area contributed by atoms with Crippen molar-refractivity contribution in [2.45, 2.75) is 116 Å². The van der Waals surface area contributed by atoms with Crippen LogP contribution < -0.4 is 17.0 Å². The van der Waals surface area contributed by atoms with E-state index in [-0.39, 0.29) is 29.2 Å². The summed E-state index contributed by atoms with van der Waals surface area (Å²) in [4.78, 5) is 11.3. The van der Waals surface area contributed by atoms with Crippen LogP contribution in [0.25, 0.3) is 0 Å². The maximum absolute atomic E-state index is 11.3. The first-order chi connectivity index (χ1) is 12.9. The van der Waals surface area contributed by atoms with Gasteiger partial charge in [-0.2, -0.15) is 0 Å². The molecule has 28 heavy (non-hydrogen) atoms. The van der Waals surface area contributed by atoms with Gasteiger partial charge in [0.1, 0.15) is 0 Å². The molecule has 4 heteroatoms. The Morgan fingerprint density at radius 3 is 1.54 bits per heavy atom. The molecular weight excluding hydrogens is 414 g/mol. The van der Waals surface area contributed by atoms with Crippen LogP contribution in [0.4, 0.5) is 0 Å². The molecule has 0 amide bonds. The lowest BCUT2D eigenvalue weighted by atomic mass is 10.0. The highest BCUT2D eigenvalue weighted by molar-refractivity contribution is 5.81. The molecule has 0 aromatic carbocycles. The molecule has 0 fully saturated rings. The van der Waals surface area contributed by atoms with E-state index < -0.39 is 0 Å². The molecule has 0 aromatic rings. The van der Waals surface area contributed by atoms with Gasteiger partial charge in [0.05, 0.1) is 20.6 Å². The largest absolute Gasteiger partial charge is 1.00 e. The normalized spacial score (nSPS) is 12.3. The molecule has 0 bridgehead atoms. The van der Waals surface area contributed by atoms with Gasteiger partial charge in [-0.05, 0) is 12.8 Å². The number of carbonyl (C=O) groups is 1. The molecule has 0 aliphatic rings. The van der Waals surface area contributed by atoms with Crippen LogP contribution in [0, 0.1) is 0 Å². The summed E-state index contributed by atoms with van der Waals surface area (Å²) in [6.07, 6.45) is 21.9. The lowest BCUT2D eigenvalue weighted by molar-refractivity contribution is -0.932. The summed E-state index contributed by atoms with van der Waals surface area (Å²) in [7, 11) is 4.26. The minimum atomic E-state index is -0.329. The summed E-state index contributed by atoms with van der Waals surface area (Å²) in [6, 6.07) is 0. The van der Waals surface area contributed by atoms with Crippen molar-refractivity contribution in [1.29, 1.82) is 0 Å². The monoisotopic (exact) mass is 461 g/mol. The second kappa shape index (κ2) is 19.9. The van der Waals surface area contributed by atoms with Crippen LogP contribution in [0.1, 0.15) is 110 Å². The first-order valence-corrected chi connectivity index (χ1v) is 11.6. The average Bonchev–Trinajstić information content (AvgIpc) is 2.64. The van der Waals surface area contributed by atoms with Crippen LogP contribution in [0.2, 0.25) is 0 Å². The predicted molar refractivity (Wildman–Crippen MR) is 118 cm³/mol. The van der Waals surface area contributed by atoms with Crippen LogP contribution in [0.5, 0.6) is 0 Å². The average molecular weight is 463 g/mol. The van der Waals surface area contributed by atoms with Crippen LogP contribution in [0.3, 0.4) is 0 Å². The van der Waals surface area contributed by atoms with E-state index in [4.69, 9.17) is 4.74 Å². The van der Waals surface area contributed by atoms with E-state index in [9.17, 15) is 4.79 Å². The lowest BCUT2D eigenvalue weighted by Gasteiger charge is -2.34. The summed E-state index contributed by atoms with van der Waals surface area (Å²) < 4.78 is 6.07. The Balaban J connectivity index is 0. The molecule has 1 unspecified atom stereocenters. The highest BCUT2D eigenvalue weighted by Crippen LogP contribution is 2.15. The number of carbonyl (C=O) groups excluding carboxylic acids is 1. The maximum atomic E-state index is 11.3. The summed E-state index contributed by atoms with van der Waals surface area (Å²) >= 11 is 0. The Morgan fingerprint density at radius 2 is 1.18 bits per heavy atom. The molecule has 0 rings (SSSR count). The standard InChI is InChI=1S/C24H48NO2.BrH/c1-6-8-9-10-11-12-13-14-15-16-17-18-19-20-21-22-25(4,5)23(3)27-24(26)7-2;/h7,23H,2,6,8-22H2,1,3-5H3;1H/q+1;/p-1. The molecule has 0 radical (unpaired) electrons. The molecule has 168 valence electrons. The zero-order valence-corrected chi connectivity index (χ0v) is 20.9. The summed E-state index contributed by atoms with van der Waals surface area (Å²) in [5, 5.41) is 0. The van der Waals surface area contributed by atoms with Crippen LogP contribution in [0.15, 0.2) is 12.7 Å². The molecule has 0 aliphatic carbocycles. The van der Waals surface area contributed by atoms with Crippen molar-refractivity contribution in [3.05, 3.63) is 12.7 Å². The third-order valence-electron chi connectivity index (χ3n) is 5.78. The Labute approximate surface area is 186 Å². The van der Waals surface area contributed by atoms with Crippen molar-refractivity contribution in [2.24, 2.45) is 0 Å². The number of nitrogens with zero attached hydrogens (tertiary/aromatic N) is 1. The van der Waals surface area contributed by atoms with E-state index in [1.807, 2.05) is 6.92 Å². The number of unbranched alkanes of at least 4 members (excludes halogenated alkanes) is 14. The predicted octanol–water partition coefficient (Wildman–Crippen LogP) is 4.01. The van der Waals surface area contributed by atoms with Gasteiger partial charge in [-0.1, -0.05) is 97.0 Å². The number of halogens is 1. The van der Waals surface area contributed by atoms with Crippen LogP contribution >= 0.6 is 0 Å². The first-order valence-electron chi connectivity index (χ1n) is 11.6. The molecule has 0 N–H and O–H groups in total. The zero-order chi connectivity index (χ0) is 20.4. The molecule has 0 heterocycles. The van der Waals surface area contributed by atoms with Gasteiger partial charge in [0.25, 0.3) is 0 Å². The minimum absolute atomic E-state index is 0. The van der Waals surface area contributed by atoms with Crippen molar-refractivity contribution in [1.82, 2.24) is 0 Å². The summed E-state index contributed by atoms with van der Waals surface area (Å²) in [5.74, 6) is -0.329. The maximum Gasteiger partial charge on any atom is 0.334 e. The molecule has 0 aliphatic heterocycles. The Bertz CT molecular complexity index is 372. The van der Waals surface area contributed by atoms with Gasteiger partial charge in [-0.3, -0.25) is 4.48 Å². The Morgan fingerprint density at radius 1 is 0.821 bits per heavy atom. The van der Waals surface area contributed by atoms with E-state index in [1.54, 1.807) is 0 Å². The second-order valence-electron chi connectivity index (χ2n) is 8.69. The lowest BCUT2D eigenvalue weighted by Crippen LogP contribution is -3.00. The van der Waals surface area contributed by atoms with E-state index in [1.165, 1.54) is 102 Å². The van der Waals surface area contributed by atoms with E-state index in [0.717, 1.165) is 11.0 Å². The smallest absolute Gasteiger partial charge is 0.334 e. The van der Waals surface area contributed by atoms with E-state index in [0.29, 0.717) is 0 Å². The van der Waals surface area contributed by atoms with Gasteiger partial charge in [-0.25, -0.2) is 4.79 Å². The summed E-state index contributed by atoms with van der Waals surface area (Å²) in [5.41, 5.74) is 0. The van der Waals surface area contributed by atoms with Crippen molar-refractivity contribution in [3.8, 4) is 0 Å². The van der Waals surface area contributed by atoms with Gasteiger partial charge in [0, 0.05) is 13.0 Å². The van der Waals surface area contributed by atoms with Crippen molar-refractivity contribution < 1.29 is 31.0 Å². The molecule has 0 spiro atoms. The molecule has 1 atom stereocenters.